The molecular weight excluding hydrogens is 361 g/mol. The second kappa shape index (κ2) is 6.74. The lowest BCUT2D eigenvalue weighted by Crippen LogP contribution is -2.23. The van der Waals surface area contributed by atoms with E-state index in [0.29, 0.717) is 27.6 Å². The third-order valence-corrected chi connectivity index (χ3v) is 4.67. The monoisotopic (exact) mass is 378 g/mol. The van der Waals surface area contributed by atoms with E-state index >= 15 is 0 Å². The lowest BCUT2D eigenvalue weighted by Gasteiger charge is -2.18. The fourth-order valence-electron chi connectivity index (χ4n) is 2.94. The first-order valence-electron chi connectivity index (χ1n) is 7.93. The standard InChI is InChI=1S/C19H17F3N2OS/c1-11(19(20,21)22)24-9-16(13-3-2-4-14(8-13)18(23)26)15-6-5-12(10-25)7-17(15)24/h2-9,11,25H,10H2,1H3,(H2,23,26). The molecule has 2 aromatic carbocycles. The van der Waals surface area contributed by atoms with Crippen molar-refractivity contribution in [1.82, 2.24) is 4.57 Å². The smallest absolute Gasteiger partial charge is 0.392 e. The van der Waals surface area contributed by atoms with Crippen LogP contribution in [-0.4, -0.2) is 20.8 Å². The fraction of sp³-hybridized carbons (Fsp3) is 0.211. The number of benzene rings is 2. The van der Waals surface area contributed by atoms with Crippen LogP contribution < -0.4 is 5.73 Å². The van der Waals surface area contributed by atoms with Crippen molar-refractivity contribution in [3.8, 4) is 11.1 Å². The van der Waals surface area contributed by atoms with Crippen LogP contribution >= 0.6 is 12.2 Å². The maximum atomic E-state index is 13.3. The Kier molecular flexibility index (Phi) is 4.77. The number of alkyl halides is 3. The average Bonchev–Trinajstić information content (AvgIpc) is 2.98. The summed E-state index contributed by atoms with van der Waals surface area (Å²) in [6, 6.07) is 10.4. The normalized spacial score (nSPS) is 13.1. The third-order valence-electron chi connectivity index (χ3n) is 4.43. The van der Waals surface area contributed by atoms with Crippen LogP contribution in [0.3, 0.4) is 0 Å². The Morgan fingerprint density at radius 2 is 1.96 bits per heavy atom. The molecule has 0 aliphatic carbocycles. The van der Waals surface area contributed by atoms with Gasteiger partial charge in [-0.25, -0.2) is 0 Å². The molecule has 0 bridgehead atoms. The lowest BCUT2D eigenvalue weighted by atomic mass is 10.0. The Morgan fingerprint density at radius 3 is 2.58 bits per heavy atom. The number of thiocarbonyl (C=S) groups is 1. The number of nitrogens with two attached hydrogens (primary N) is 1. The summed E-state index contributed by atoms with van der Waals surface area (Å²) in [6.07, 6.45) is -2.90. The molecule has 3 nitrogen and oxygen atoms in total. The van der Waals surface area contributed by atoms with E-state index in [9.17, 15) is 18.3 Å². The third kappa shape index (κ3) is 3.32. The zero-order valence-electron chi connectivity index (χ0n) is 13.9. The van der Waals surface area contributed by atoms with E-state index in [0.717, 1.165) is 12.5 Å². The van der Waals surface area contributed by atoms with E-state index < -0.39 is 12.2 Å². The highest BCUT2D eigenvalue weighted by Gasteiger charge is 2.38. The van der Waals surface area contributed by atoms with Crippen LogP contribution in [0.5, 0.6) is 0 Å². The number of fused-ring (bicyclic) bond motifs is 1. The molecule has 0 aliphatic heterocycles. The summed E-state index contributed by atoms with van der Waals surface area (Å²) in [5, 5.41) is 10.0. The highest BCUT2D eigenvalue weighted by Crippen LogP contribution is 2.38. The van der Waals surface area contributed by atoms with Gasteiger partial charge < -0.3 is 15.4 Å². The molecule has 0 radical (unpaired) electrons. The fourth-order valence-corrected chi connectivity index (χ4v) is 3.07. The van der Waals surface area contributed by atoms with Gasteiger partial charge in [-0.3, -0.25) is 0 Å². The molecule has 26 heavy (non-hydrogen) atoms. The Balaban J connectivity index is 2.27. The van der Waals surface area contributed by atoms with Crippen molar-refractivity contribution >= 4 is 28.1 Å². The first kappa shape index (κ1) is 18.4. The predicted molar refractivity (Wildman–Crippen MR) is 100.0 cm³/mol. The van der Waals surface area contributed by atoms with E-state index in [-0.39, 0.29) is 11.6 Å². The second-order valence-electron chi connectivity index (χ2n) is 6.12. The first-order chi connectivity index (χ1) is 12.2. The molecule has 0 saturated carbocycles. The molecule has 1 heterocycles. The topological polar surface area (TPSA) is 51.2 Å². The summed E-state index contributed by atoms with van der Waals surface area (Å²) in [6.45, 7) is 0.869. The molecule has 1 aromatic heterocycles. The van der Waals surface area contributed by atoms with Crippen LogP contribution in [0.1, 0.15) is 24.1 Å². The quantitative estimate of drug-likeness (QED) is 0.655. The number of hydrogen-bond donors (Lipinski definition) is 2. The molecule has 0 aliphatic rings. The molecule has 136 valence electrons. The molecule has 0 amide bonds. The lowest BCUT2D eigenvalue weighted by molar-refractivity contribution is -0.162. The van der Waals surface area contributed by atoms with E-state index in [1.165, 1.54) is 10.8 Å². The number of aliphatic hydroxyl groups excluding tert-OH is 1. The maximum absolute atomic E-state index is 13.3. The van der Waals surface area contributed by atoms with Gasteiger partial charge in [-0.05, 0) is 30.2 Å². The van der Waals surface area contributed by atoms with Gasteiger partial charge in [-0.2, -0.15) is 13.2 Å². The largest absolute Gasteiger partial charge is 0.408 e. The van der Waals surface area contributed by atoms with Crippen molar-refractivity contribution in [2.75, 3.05) is 0 Å². The molecule has 0 saturated heterocycles. The van der Waals surface area contributed by atoms with Crippen molar-refractivity contribution in [1.29, 1.82) is 0 Å². The molecule has 0 fully saturated rings. The van der Waals surface area contributed by atoms with Gasteiger partial charge in [-0.15, -0.1) is 0 Å². The van der Waals surface area contributed by atoms with Gasteiger partial charge in [0.05, 0.1) is 6.61 Å². The van der Waals surface area contributed by atoms with E-state index in [4.69, 9.17) is 18.0 Å². The van der Waals surface area contributed by atoms with E-state index in [2.05, 4.69) is 0 Å². The van der Waals surface area contributed by atoms with Gasteiger partial charge in [0.1, 0.15) is 11.0 Å². The highest BCUT2D eigenvalue weighted by atomic mass is 32.1. The van der Waals surface area contributed by atoms with E-state index in [1.807, 2.05) is 0 Å². The van der Waals surface area contributed by atoms with Crippen LogP contribution in [-0.2, 0) is 6.61 Å². The summed E-state index contributed by atoms with van der Waals surface area (Å²) >= 11 is 4.99. The first-order valence-corrected chi connectivity index (χ1v) is 8.34. The van der Waals surface area contributed by atoms with Crippen LogP contribution in [0.15, 0.2) is 48.7 Å². The maximum Gasteiger partial charge on any atom is 0.408 e. The van der Waals surface area contributed by atoms with Gasteiger partial charge in [0.25, 0.3) is 0 Å². The van der Waals surface area contributed by atoms with Crippen LogP contribution in [0, 0.1) is 0 Å². The number of aromatic nitrogens is 1. The molecule has 3 N–H and O–H groups in total. The number of hydrogen-bond acceptors (Lipinski definition) is 2. The van der Waals surface area contributed by atoms with Gasteiger partial charge in [0.15, 0.2) is 0 Å². The van der Waals surface area contributed by atoms with Gasteiger partial charge in [0, 0.05) is 28.2 Å². The van der Waals surface area contributed by atoms with Crippen molar-refractivity contribution in [2.24, 2.45) is 5.73 Å². The predicted octanol–water partition coefficient (Wildman–Crippen LogP) is 4.56. The Hall–Kier alpha value is -2.38. The van der Waals surface area contributed by atoms with E-state index in [1.54, 1.807) is 42.5 Å². The molecule has 7 heteroatoms. The molecule has 3 aromatic rings. The molecule has 0 spiro atoms. The molecule has 1 atom stereocenters. The molecule has 1 unspecified atom stereocenters. The Morgan fingerprint density at radius 1 is 1.23 bits per heavy atom. The van der Waals surface area contributed by atoms with Gasteiger partial charge in [-0.1, -0.05) is 42.5 Å². The Bertz CT molecular complexity index is 979. The number of halogens is 3. The number of rotatable bonds is 4. The Labute approximate surface area is 153 Å². The minimum absolute atomic E-state index is 0.224. The second-order valence-corrected chi connectivity index (χ2v) is 6.56. The van der Waals surface area contributed by atoms with Crippen LogP contribution in [0.25, 0.3) is 22.0 Å². The van der Waals surface area contributed by atoms with Crippen molar-refractivity contribution < 1.29 is 18.3 Å². The minimum atomic E-state index is -4.39. The van der Waals surface area contributed by atoms with Gasteiger partial charge >= 0.3 is 6.18 Å². The average molecular weight is 378 g/mol. The SMILES string of the molecule is CC(n1cc(-c2cccc(C(N)=S)c2)c2ccc(CO)cc21)C(F)(F)F. The number of aliphatic hydroxyl groups is 1. The summed E-state index contributed by atoms with van der Waals surface area (Å²) in [7, 11) is 0. The van der Waals surface area contributed by atoms with Gasteiger partial charge in [0.2, 0.25) is 0 Å². The number of nitrogens with zero attached hydrogens (tertiary/aromatic N) is 1. The molecular formula is C19H17F3N2OS. The summed E-state index contributed by atoms with van der Waals surface area (Å²) in [4.78, 5) is 0.224. The summed E-state index contributed by atoms with van der Waals surface area (Å²) < 4.78 is 41.2. The molecule has 3 rings (SSSR count). The van der Waals surface area contributed by atoms with Crippen molar-refractivity contribution in [3.63, 3.8) is 0 Å². The zero-order chi connectivity index (χ0) is 19.1. The van der Waals surface area contributed by atoms with Crippen molar-refractivity contribution in [3.05, 3.63) is 59.8 Å². The summed E-state index contributed by atoms with van der Waals surface area (Å²) in [5.41, 5.74) is 8.66. The van der Waals surface area contributed by atoms with Crippen LogP contribution in [0.2, 0.25) is 0 Å². The zero-order valence-corrected chi connectivity index (χ0v) is 14.7. The highest BCUT2D eigenvalue weighted by molar-refractivity contribution is 7.80. The van der Waals surface area contributed by atoms with Crippen LogP contribution in [0.4, 0.5) is 13.2 Å². The summed E-state index contributed by atoms with van der Waals surface area (Å²) in [5.74, 6) is 0. The van der Waals surface area contributed by atoms with Crippen molar-refractivity contribution in [2.45, 2.75) is 25.7 Å². The minimum Gasteiger partial charge on any atom is -0.392 e.